The summed E-state index contributed by atoms with van der Waals surface area (Å²) in [5.74, 6) is 6.04. The third kappa shape index (κ3) is 2.83. The normalized spacial score (nSPS) is 43.4. The zero-order chi connectivity index (χ0) is 19.4. The van der Waals surface area contributed by atoms with Gasteiger partial charge in [0.2, 0.25) is 0 Å². The standard InChI is InChI=1S/C24H34O2Si/c1-6-23-14-12-20-19-11-9-18(25)16-17(19)8-10-21(20)22(23)13-15-24(23,7-2)26-27(3,4)5/h2,13,15-16,19-22H,6,8-12,14H2,1,3-5H3/t19-,20+,21+,22-,23-,24+/m0/s1. The number of allylic oxidation sites excluding steroid dienone is 3. The van der Waals surface area contributed by atoms with Crippen molar-refractivity contribution >= 4 is 14.1 Å². The molecule has 2 nitrogen and oxygen atoms in total. The molecule has 3 heteroatoms. The Morgan fingerprint density at radius 1 is 1.22 bits per heavy atom. The summed E-state index contributed by atoms with van der Waals surface area (Å²) in [6, 6.07) is 0. The molecule has 146 valence electrons. The first kappa shape index (κ1) is 19.2. The van der Waals surface area contributed by atoms with Gasteiger partial charge in [0, 0.05) is 11.8 Å². The van der Waals surface area contributed by atoms with E-state index in [2.05, 4.69) is 44.6 Å². The SMILES string of the molecule is C#C[C@@]1(O[Si](C)(C)C)C=C[C@H]2[C@@H]3CCC4=CC(=O)CC[C@@H]4[C@H]3CC[C@@]21CC. The van der Waals surface area contributed by atoms with Crippen molar-refractivity contribution in [3.05, 3.63) is 23.8 Å². The van der Waals surface area contributed by atoms with E-state index in [1.54, 1.807) is 0 Å². The van der Waals surface area contributed by atoms with E-state index in [4.69, 9.17) is 10.8 Å². The molecule has 0 unspecified atom stereocenters. The first-order valence-electron chi connectivity index (χ1n) is 10.9. The molecule has 0 spiro atoms. The van der Waals surface area contributed by atoms with Crippen molar-refractivity contribution in [2.45, 2.75) is 77.1 Å². The lowest BCUT2D eigenvalue weighted by Gasteiger charge is -2.57. The maximum Gasteiger partial charge on any atom is 0.186 e. The summed E-state index contributed by atoms with van der Waals surface area (Å²) in [7, 11) is -1.77. The molecule has 0 aromatic carbocycles. The summed E-state index contributed by atoms with van der Waals surface area (Å²) in [6.45, 7) is 9.06. The lowest BCUT2D eigenvalue weighted by Crippen LogP contribution is -2.57. The highest BCUT2D eigenvalue weighted by Gasteiger charge is 2.63. The van der Waals surface area contributed by atoms with Gasteiger partial charge in [-0.2, -0.15) is 0 Å². The fraction of sp³-hybridized carbons (Fsp3) is 0.708. The zero-order valence-electron chi connectivity index (χ0n) is 17.4. The van der Waals surface area contributed by atoms with Gasteiger partial charge in [0.05, 0.1) is 0 Å². The number of carbonyl (C=O) groups excluding carboxylic acids is 1. The van der Waals surface area contributed by atoms with Crippen LogP contribution in [0.1, 0.15) is 51.9 Å². The second kappa shape index (κ2) is 6.46. The molecule has 0 aromatic heterocycles. The fourth-order valence-corrected chi connectivity index (χ4v) is 8.30. The Labute approximate surface area is 166 Å². The van der Waals surface area contributed by atoms with E-state index in [0.717, 1.165) is 32.1 Å². The molecule has 0 aliphatic heterocycles. The second-order valence-corrected chi connectivity index (χ2v) is 14.7. The van der Waals surface area contributed by atoms with Gasteiger partial charge in [-0.25, -0.2) is 0 Å². The van der Waals surface area contributed by atoms with E-state index >= 15 is 0 Å². The van der Waals surface area contributed by atoms with Gasteiger partial charge in [0.25, 0.3) is 0 Å². The van der Waals surface area contributed by atoms with E-state index in [0.29, 0.717) is 29.5 Å². The first-order chi connectivity index (χ1) is 12.8. The smallest absolute Gasteiger partial charge is 0.186 e. The molecule has 4 aliphatic carbocycles. The van der Waals surface area contributed by atoms with E-state index in [1.165, 1.54) is 18.4 Å². The molecule has 2 fully saturated rings. The highest BCUT2D eigenvalue weighted by Crippen LogP contribution is 2.65. The maximum atomic E-state index is 11.9. The van der Waals surface area contributed by atoms with Gasteiger partial charge >= 0.3 is 0 Å². The molecular weight excluding hydrogens is 348 g/mol. The first-order valence-corrected chi connectivity index (χ1v) is 14.3. The number of hydrogen-bond acceptors (Lipinski definition) is 2. The molecule has 0 amide bonds. The van der Waals surface area contributed by atoms with Crippen LogP contribution in [0.3, 0.4) is 0 Å². The Morgan fingerprint density at radius 2 is 2.00 bits per heavy atom. The van der Waals surface area contributed by atoms with Gasteiger partial charge in [0.1, 0.15) is 5.60 Å². The molecule has 0 bridgehead atoms. The summed E-state index contributed by atoms with van der Waals surface area (Å²) in [6.07, 6.45) is 20.4. The largest absolute Gasteiger partial charge is 0.398 e. The molecular formula is C24H34O2Si. The Hall–Kier alpha value is -1.11. The molecule has 6 atom stereocenters. The monoisotopic (exact) mass is 382 g/mol. The van der Waals surface area contributed by atoms with E-state index in [9.17, 15) is 4.79 Å². The van der Waals surface area contributed by atoms with Crippen molar-refractivity contribution in [3.63, 3.8) is 0 Å². The van der Waals surface area contributed by atoms with Crippen LogP contribution in [0.2, 0.25) is 19.6 Å². The molecule has 0 N–H and O–H groups in total. The third-order valence-corrected chi connectivity index (χ3v) is 8.91. The lowest BCUT2D eigenvalue weighted by molar-refractivity contribution is -0.116. The number of ketones is 1. The summed E-state index contributed by atoms with van der Waals surface area (Å²) in [5.41, 5.74) is 0.968. The summed E-state index contributed by atoms with van der Waals surface area (Å²) in [4.78, 5) is 11.9. The highest BCUT2D eigenvalue weighted by molar-refractivity contribution is 6.69. The summed E-state index contributed by atoms with van der Waals surface area (Å²) >= 11 is 0. The highest BCUT2D eigenvalue weighted by atomic mass is 28.4. The van der Waals surface area contributed by atoms with Crippen LogP contribution in [0, 0.1) is 41.4 Å². The predicted molar refractivity (Wildman–Crippen MR) is 113 cm³/mol. The molecule has 0 radical (unpaired) electrons. The Bertz CT molecular complexity index is 736. The van der Waals surface area contributed by atoms with Crippen LogP contribution in [-0.4, -0.2) is 19.7 Å². The Kier molecular flexibility index (Phi) is 4.60. The van der Waals surface area contributed by atoms with Crippen LogP contribution in [0.5, 0.6) is 0 Å². The van der Waals surface area contributed by atoms with Crippen molar-refractivity contribution in [1.82, 2.24) is 0 Å². The van der Waals surface area contributed by atoms with Gasteiger partial charge in [-0.3, -0.25) is 4.79 Å². The van der Waals surface area contributed by atoms with Crippen LogP contribution >= 0.6 is 0 Å². The molecule has 0 saturated heterocycles. The maximum absolute atomic E-state index is 11.9. The van der Waals surface area contributed by atoms with Crippen molar-refractivity contribution in [2.24, 2.45) is 29.1 Å². The van der Waals surface area contributed by atoms with Crippen LogP contribution in [-0.2, 0) is 9.22 Å². The molecule has 0 heterocycles. The zero-order valence-corrected chi connectivity index (χ0v) is 18.4. The van der Waals surface area contributed by atoms with Crippen molar-refractivity contribution in [2.75, 3.05) is 0 Å². The van der Waals surface area contributed by atoms with E-state index in [-0.39, 0.29) is 5.41 Å². The Balaban J connectivity index is 1.68. The predicted octanol–water partition coefficient (Wildman–Crippen LogP) is 5.52. The summed E-state index contributed by atoms with van der Waals surface area (Å²) < 4.78 is 6.76. The number of fused-ring (bicyclic) bond motifs is 5. The molecule has 4 aliphatic rings. The van der Waals surface area contributed by atoms with Crippen LogP contribution in [0.4, 0.5) is 0 Å². The minimum absolute atomic E-state index is 0.0505. The van der Waals surface area contributed by atoms with Crippen molar-refractivity contribution in [3.8, 4) is 12.3 Å². The van der Waals surface area contributed by atoms with Gasteiger partial charge < -0.3 is 4.43 Å². The molecule has 2 saturated carbocycles. The van der Waals surface area contributed by atoms with Crippen molar-refractivity contribution in [1.29, 1.82) is 0 Å². The molecule has 4 rings (SSSR count). The molecule has 0 aromatic rings. The van der Waals surface area contributed by atoms with Crippen LogP contribution in [0.25, 0.3) is 0 Å². The minimum Gasteiger partial charge on any atom is -0.398 e. The second-order valence-electron chi connectivity index (χ2n) is 10.2. The average Bonchev–Trinajstić information content (AvgIpc) is 2.94. The lowest BCUT2D eigenvalue weighted by atomic mass is 9.49. The number of rotatable bonds is 3. The van der Waals surface area contributed by atoms with Gasteiger partial charge in [0.15, 0.2) is 14.1 Å². The van der Waals surface area contributed by atoms with Gasteiger partial charge in [-0.05, 0) is 94.0 Å². The average molecular weight is 383 g/mol. The van der Waals surface area contributed by atoms with Gasteiger partial charge in [-0.15, -0.1) is 6.42 Å². The topological polar surface area (TPSA) is 26.3 Å². The third-order valence-electron chi connectivity index (χ3n) is 7.97. The van der Waals surface area contributed by atoms with E-state index in [1.807, 2.05) is 6.08 Å². The number of terminal acetylenes is 1. The summed E-state index contributed by atoms with van der Waals surface area (Å²) in [5, 5.41) is 0. The van der Waals surface area contributed by atoms with Crippen LogP contribution in [0.15, 0.2) is 23.8 Å². The number of hydrogen-bond donors (Lipinski definition) is 0. The van der Waals surface area contributed by atoms with Crippen molar-refractivity contribution < 1.29 is 9.22 Å². The van der Waals surface area contributed by atoms with Crippen LogP contribution < -0.4 is 0 Å². The fourth-order valence-electron chi connectivity index (χ4n) is 7.00. The van der Waals surface area contributed by atoms with E-state index < -0.39 is 13.9 Å². The minimum atomic E-state index is -1.77. The Morgan fingerprint density at radius 3 is 2.67 bits per heavy atom. The van der Waals surface area contributed by atoms with Gasteiger partial charge in [-0.1, -0.05) is 24.5 Å². The molecule has 27 heavy (non-hydrogen) atoms. The quantitative estimate of drug-likeness (QED) is 0.365. The number of carbonyl (C=O) groups is 1.